The molecule has 210 valence electrons. The minimum absolute atomic E-state index is 0.0480. The minimum atomic E-state index is -3.25. The number of hydrogen-bond acceptors (Lipinski definition) is 8. The Labute approximate surface area is 256 Å². The molecule has 0 fully saturated rings. The number of benzene rings is 2. The molecule has 0 spiro atoms. The number of ketones is 1. The van der Waals surface area contributed by atoms with Crippen LogP contribution in [0.1, 0.15) is 57.1 Å². The van der Waals surface area contributed by atoms with Crippen LogP contribution in [-0.4, -0.2) is 40.4 Å². The standard InChI is InChI=1S/C14H11BrN2O.C8H6BrN.C8H10N2O2S/c15-11-5-1-3-9(7-11)13(18)14-16-8-10-4-2-6-12(10)17-14;9-8-3-1-2-7(6-8)4-5-10;1-13(11,12)8-9-5-6-3-2-4-7(6)10-8/h1,3,5,7-8H,2,4,6H2;1-3,6H,4H2;5H,2-4H2,1H3. The zero-order valence-corrected chi connectivity index (χ0v) is 26.3. The zero-order chi connectivity index (χ0) is 29.4. The molecule has 0 N–H and O–H groups in total. The van der Waals surface area contributed by atoms with Crippen LogP contribution in [0.25, 0.3) is 0 Å². The summed E-state index contributed by atoms with van der Waals surface area (Å²) in [4.78, 5) is 28.7. The van der Waals surface area contributed by atoms with Gasteiger partial charge in [0.25, 0.3) is 0 Å². The molecule has 11 heteroatoms. The van der Waals surface area contributed by atoms with Crippen LogP contribution in [0.2, 0.25) is 0 Å². The fraction of sp³-hybridized carbons (Fsp3) is 0.267. The van der Waals surface area contributed by atoms with E-state index in [1.807, 2.05) is 36.4 Å². The summed E-state index contributed by atoms with van der Waals surface area (Å²) in [6, 6.07) is 17.1. The van der Waals surface area contributed by atoms with Crippen LogP contribution < -0.4 is 0 Å². The van der Waals surface area contributed by atoms with E-state index in [0.717, 1.165) is 76.2 Å². The number of sulfone groups is 1. The molecule has 0 radical (unpaired) electrons. The molecule has 2 aliphatic carbocycles. The first-order valence-electron chi connectivity index (χ1n) is 13.0. The second-order valence-electron chi connectivity index (χ2n) is 9.57. The Balaban J connectivity index is 0.000000149. The van der Waals surface area contributed by atoms with Crippen molar-refractivity contribution in [3.8, 4) is 6.07 Å². The van der Waals surface area contributed by atoms with Crippen LogP contribution in [0.4, 0.5) is 0 Å². The molecule has 0 saturated heterocycles. The quantitative estimate of drug-likeness (QED) is 0.192. The number of halogens is 2. The molecule has 8 nitrogen and oxygen atoms in total. The molecule has 0 saturated carbocycles. The van der Waals surface area contributed by atoms with Crippen LogP contribution in [-0.2, 0) is 41.9 Å². The summed E-state index contributed by atoms with van der Waals surface area (Å²) in [5.74, 6) is 0.180. The van der Waals surface area contributed by atoms with Crippen LogP contribution in [0, 0.1) is 11.3 Å². The monoisotopic (exact) mass is 695 g/mol. The van der Waals surface area contributed by atoms with Gasteiger partial charge < -0.3 is 0 Å². The Morgan fingerprint density at radius 3 is 2.10 bits per heavy atom. The van der Waals surface area contributed by atoms with Crippen LogP contribution in [0.3, 0.4) is 0 Å². The van der Waals surface area contributed by atoms with Crippen molar-refractivity contribution in [2.45, 2.75) is 50.1 Å². The van der Waals surface area contributed by atoms with E-state index < -0.39 is 9.84 Å². The summed E-state index contributed by atoms with van der Waals surface area (Å²) in [7, 11) is -3.25. The molecule has 0 aliphatic heterocycles. The van der Waals surface area contributed by atoms with Crippen molar-refractivity contribution >= 4 is 47.5 Å². The van der Waals surface area contributed by atoms with Crippen molar-refractivity contribution in [1.29, 1.82) is 5.26 Å². The second-order valence-corrected chi connectivity index (χ2v) is 13.3. The van der Waals surface area contributed by atoms with Gasteiger partial charge >= 0.3 is 0 Å². The number of nitriles is 1. The van der Waals surface area contributed by atoms with Gasteiger partial charge in [0.2, 0.25) is 26.6 Å². The average molecular weight is 697 g/mol. The maximum Gasteiger partial charge on any atom is 0.246 e. The fourth-order valence-corrected chi connectivity index (χ4v) is 5.76. The molecule has 2 heterocycles. The van der Waals surface area contributed by atoms with Crippen molar-refractivity contribution in [3.05, 3.63) is 109 Å². The van der Waals surface area contributed by atoms with Crippen molar-refractivity contribution in [3.63, 3.8) is 0 Å². The summed E-state index contributed by atoms with van der Waals surface area (Å²) in [5, 5.41) is 8.30. The lowest BCUT2D eigenvalue weighted by Crippen LogP contribution is -2.09. The maximum absolute atomic E-state index is 12.3. The van der Waals surface area contributed by atoms with Gasteiger partial charge in [-0.25, -0.2) is 28.4 Å². The third kappa shape index (κ3) is 8.58. The highest BCUT2D eigenvalue weighted by Crippen LogP contribution is 2.21. The number of carbonyl (C=O) groups excluding carboxylic acids is 1. The number of fused-ring (bicyclic) bond motifs is 2. The van der Waals surface area contributed by atoms with Crippen LogP contribution in [0.5, 0.6) is 0 Å². The van der Waals surface area contributed by atoms with E-state index >= 15 is 0 Å². The highest BCUT2D eigenvalue weighted by molar-refractivity contribution is 9.10. The number of aromatic nitrogens is 4. The van der Waals surface area contributed by atoms with E-state index in [1.165, 1.54) is 5.56 Å². The van der Waals surface area contributed by atoms with Crippen molar-refractivity contribution in [2.24, 2.45) is 0 Å². The number of hydrogen-bond donors (Lipinski definition) is 0. The molecule has 6 rings (SSSR count). The summed E-state index contributed by atoms with van der Waals surface area (Å²) < 4.78 is 24.1. The maximum atomic E-state index is 12.3. The summed E-state index contributed by atoms with van der Waals surface area (Å²) >= 11 is 6.68. The van der Waals surface area contributed by atoms with Gasteiger partial charge in [-0.3, -0.25) is 4.79 Å². The first-order chi connectivity index (χ1) is 19.6. The number of carbonyl (C=O) groups is 1. The Morgan fingerprint density at radius 1 is 0.878 bits per heavy atom. The summed E-state index contributed by atoms with van der Waals surface area (Å²) in [6.07, 6.45) is 11.0. The summed E-state index contributed by atoms with van der Waals surface area (Å²) in [6.45, 7) is 0. The normalized spacial score (nSPS) is 13.0. The van der Waals surface area contributed by atoms with Gasteiger partial charge in [-0.1, -0.05) is 56.1 Å². The molecule has 2 aliphatic rings. The molecule has 0 amide bonds. The van der Waals surface area contributed by atoms with E-state index in [0.29, 0.717) is 17.8 Å². The lowest BCUT2D eigenvalue weighted by atomic mass is 10.1. The fourth-order valence-electron chi connectivity index (χ4n) is 4.39. The van der Waals surface area contributed by atoms with Crippen molar-refractivity contribution in [2.75, 3.05) is 6.26 Å². The molecular formula is C30H27Br2N5O3S. The third-order valence-electron chi connectivity index (χ3n) is 6.40. The molecule has 0 bridgehead atoms. The topological polar surface area (TPSA) is 127 Å². The van der Waals surface area contributed by atoms with E-state index in [1.54, 1.807) is 24.5 Å². The number of aryl methyl sites for hydroxylation is 4. The van der Waals surface area contributed by atoms with E-state index in [4.69, 9.17) is 5.26 Å². The van der Waals surface area contributed by atoms with Gasteiger partial charge in [-0.05, 0) is 79.5 Å². The largest absolute Gasteiger partial charge is 0.285 e. The van der Waals surface area contributed by atoms with E-state index in [2.05, 4.69) is 57.9 Å². The van der Waals surface area contributed by atoms with Crippen LogP contribution >= 0.6 is 31.9 Å². The van der Waals surface area contributed by atoms with Gasteiger partial charge in [-0.15, -0.1) is 0 Å². The first-order valence-corrected chi connectivity index (χ1v) is 16.4. The minimum Gasteiger partial charge on any atom is -0.285 e. The molecule has 41 heavy (non-hydrogen) atoms. The summed E-state index contributed by atoms with van der Waals surface area (Å²) in [5.41, 5.74) is 5.87. The van der Waals surface area contributed by atoms with Gasteiger partial charge in [0, 0.05) is 44.5 Å². The van der Waals surface area contributed by atoms with Gasteiger partial charge in [-0.2, -0.15) is 5.26 Å². The highest BCUT2D eigenvalue weighted by atomic mass is 79.9. The molecular weight excluding hydrogens is 670 g/mol. The zero-order valence-electron chi connectivity index (χ0n) is 22.3. The molecule has 2 aromatic carbocycles. The average Bonchev–Trinajstić information content (AvgIpc) is 3.62. The van der Waals surface area contributed by atoms with Gasteiger partial charge in [0.15, 0.2) is 0 Å². The SMILES string of the molecule is CS(=O)(=O)c1ncc2c(n1)CCC2.N#CCc1cccc(Br)c1.O=C(c1cccc(Br)c1)c1ncc2c(n1)CCC2. The first kappa shape index (κ1) is 30.6. The van der Waals surface area contributed by atoms with Crippen molar-refractivity contribution in [1.82, 2.24) is 19.9 Å². The molecule has 2 aromatic heterocycles. The highest BCUT2D eigenvalue weighted by Gasteiger charge is 2.19. The van der Waals surface area contributed by atoms with Crippen molar-refractivity contribution < 1.29 is 13.2 Å². The van der Waals surface area contributed by atoms with E-state index in [9.17, 15) is 13.2 Å². The predicted octanol–water partition coefficient (Wildman–Crippen LogP) is 5.84. The Kier molecular flexibility index (Phi) is 10.5. The number of nitrogens with zero attached hydrogens (tertiary/aromatic N) is 5. The van der Waals surface area contributed by atoms with E-state index in [-0.39, 0.29) is 10.9 Å². The second kappa shape index (κ2) is 14.0. The lowest BCUT2D eigenvalue weighted by molar-refractivity contribution is 0.102. The number of rotatable bonds is 4. The predicted molar refractivity (Wildman–Crippen MR) is 162 cm³/mol. The Bertz CT molecular complexity index is 1720. The molecule has 0 unspecified atom stereocenters. The van der Waals surface area contributed by atoms with Gasteiger partial charge in [0.05, 0.1) is 12.5 Å². The van der Waals surface area contributed by atoms with Gasteiger partial charge in [0.1, 0.15) is 0 Å². The lowest BCUT2D eigenvalue weighted by Gasteiger charge is -2.03. The van der Waals surface area contributed by atoms with Crippen LogP contribution in [0.15, 0.2) is 75.0 Å². The smallest absolute Gasteiger partial charge is 0.246 e. The molecule has 0 atom stereocenters. The Hall–Kier alpha value is -3.33. The Morgan fingerprint density at radius 2 is 1.49 bits per heavy atom. The molecule has 4 aromatic rings. The third-order valence-corrected chi connectivity index (χ3v) is 8.25.